The molecule has 0 fully saturated rings. The number of hydrogen-bond acceptors (Lipinski definition) is 3. The van der Waals surface area contributed by atoms with Gasteiger partial charge in [0, 0.05) is 5.39 Å². The molecule has 90 valence electrons. The Morgan fingerprint density at radius 2 is 2.12 bits per heavy atom. The minimum atomic E-state index is -0.401. The Kier molecular flexibility index (Phi) is 3.44. The van der Waals surface area contributed by atoms with E-state index in [0.717, 1.165) is 11.9 Å². The van der Waals surface area contributed by atoms with Gasteiger partial charge in [-0.2, -0.15) is 0 Å². The highest BCUT2D eigenvalue weighted by atomic mass is 16.5. The van der Waals surface area contributed by atoms with Crippen molar-refractivity contribution in [3.05, 3.63) is 36.1 Å². The molecule has 0 amide bonds. The van der Waals surface area contributed by atoms with Gasteiger partial charge in [0.1, 0.15) is 18.7 Å². The average Bonchev–Trinajstić information content (AvgIpc) is 2.71. The fourth-order valence-corrected chi connectivity index (χ4v) is 1.50. The van der Waals surface area contributed by atoms with Crippen LogP contribution in [0.25, 0.3) is 11.0 Å². The first-order valence-corrected chi connectivity index (χ1v) is 5.61. The lowest BCUT2D eigenvalue weighted by Crippen LogP contribution is -3.06. The molecule has 0 atom stereocenters. The lowest BCUT2D eigenvalue weighted by molar-refractivity contribution is -0.858. The van der Waals surface area contributed by atoms with Crippen LogP contribution in [0.1, 0.15) is 10.6 Å². The first kappa shape index (κ1) is 11.7. The number of benzene rings is 1. The number of furan rings is 1. The van der Waals surface area contributed by atoms with Crippen LogP contribution in [0.2, 0.25) is 0 Å². The summed E-state index contributed by atoms with van der Waals surface area (Å²) in [5, 5.41) is 0.915. The molecule has 0 aliphatic carbocycles. The van der Waals surface area contributed by atoms with Crippen LogP contribution < -0.4 is 4.90 Å². The SMILES string of the molecule is C[NH+](C)CCOC(=O)c1cc2ccccc2o1. The standard InChI is InChI=1S/C13H15NO3/c1-14(2)7-8-16-13(15)12-9-10-5-3-4-6-11(10)17-12/h3-6,9H,7-8H2,1-2H3/p+1. The smallest absolute Gasteiger partial charge is 0.374 e. The largest absolute Gasteiger partial charge is 0.454 e. The summed E-state index contributed by atoms with van der Waals surface area (Å²) < 4.78 is 10.5. The zero-order valence-electron chi connectivity index (χ0n) is 10.0. The number of hydrogen-bond donors (Lipinski definition) is 1. The molecule has 1 aromatic carbocycles. The summed E-state index contributed by atoms with van der Waals surface area (Å²) in [5.41, 5.74) is 0.706. The zero-order valence-corrected chi connectivity index (χ0v) is 10.0. The normalized spacial score (nSPS) is 11.0. The molecule has 0 aliphatic rings. The number of esters is 1. The van der Waals surface area contributed by atoms with Gasteiger partial charge in [-0.05, 0) is 12.1 Å². The number of likely N-dealkylation sites (N-methyl/N-ethyl adjacent to an activating group) is 1. The number of quaternary nitrogens is 1. The van der Waals surface area contributed by atoms with Gasteiger partial charge >= 0.3 is 5.97 Å². The molecule has 4 nitrogen and oxygen atoms in total. The molecular weight excluding hydrogens is 218 g/mol. The summed E-state index contributed by atoms with van der Waals surface area (Å²) in [6, 6.07) is 9.22. The Bertz CT molecular complexity index is 483. The first-order valence-electron chi connectivity index (χ1n) is 5.61. The van der Waals surface area contributed by atoms with Crippen LogP contribution in [0.4, 0.5) is 0 Å². The number of rotatable bonds is 4. The van der Waals surface area contributed by atoms with E-state index >= 15 is 0 Å². The van der Waals surface area contributed by atoms with Crippen molar-refractivity contribution in [2.24, 2.45) is 0 Å². The second-order valence-electron chi connectivity index (χ2n) is 4.24. The maximum atomic E-state index is 11.7. The number of fused-ring (bicyclic) bond motifs is 1. The van der Waals surface area contributed by atoms with Gasteiger partial charge in [0.25, 0.3) is 0 Å². The van der Waals surface area contributed by atoms with E-state index in [2.05, 4.69) is 0 Å². The quantitative estimate of drug-likeness (QED) is 0.793. The van der Waals surface area contributed by atoms with Gasteiger partial charge in [-0.3, -0.25) is 0 Å². The van der Waals surface area contributed by atoms with Gasteiger partial charge in [-0.15, -0.1) is 0 Å². The number of para-hydroxylation sites is 1. The lowest BCUT2D eigenvalue weighted by Gasteiger charge is -2.06. The maximum Gasteiger partial charge on any atom is 0.374 e. The van der Waals surface area contributed by atoms with Crippen LogP contribution in [0.3, 0.4) is 0 Å². The number of carbonyl (C=O) groups excluding carboxylic acids is 1. The summed E-state index contributed by atoms with van der Waals surface area (Å²) in [5.74, 6) is -0.137. The van der Waals surface area contributed by atoms with Crippen LogP contribution in [0, 0.1) is 0 Å². The fourth-order valence-electron chi connectivity index (χ4n) is 1.50. The molecule has 0 aliphatic heterocycles. The molecule has 0 bridgehead atoms. The molecule has 17 heavy (non-hydrogen) atoms. The summed E-state index contributed by atoms with van der Waals surface area (Å²) in [7, 11) is 4.02. The van der Waals surface area contributed by atoms with Crippen molar-refractivity contribution in [1.82, 2.24) is 0 Å². The molecule has 4 heteroatoms. The fraction of sp³-hybridized carbons (Fsp3) is 0.308. The number of ether oxygens (including phenoxy) is 1. The third kappa shape index (κ3) is 2.85. The Hall–Kier alpha value is -1.81. The minimum Gasteiger partial charge on any atom is -0.454 e. The molecule has 0 saturated heterocycles. The Balaban J connectivity index is 2.04. The number of carbonyl (C=O) groups is 1. The summed E-state index contributed by atoms with van der Waals surface area (Å²) in [6.07, 6.45) is 0. The van der Waals surface area contributed by atoms with E-state index in [9.17, 15) is 4.79 Å². The van der Waals surface area contributed by atoms with Crippen LogP contribution in [-0.4, -0.2) is 33.2 Å². The van der Waals surface area contributed by atoms with Crippen LogP contribution >= 0.6 is 0 Å². The van der Waals surface area contributed by atoms with Crippen LogP contribution in [0.5, 0.6) is 0 Å². The Morgan fingerprint density at radius 1 is 1.35 bits per heavy atom. The van der Waals surface area contributed by atoms with E-state index in [1.165, 1.54) is 4.90 Å². The highest BCUT2D eigenvalue weighted by Crippen LogP contribution is 2.19. The molecule has 1 N–H and O–H groups in total. The molecular formula is C13H16NO3+. The highest BCUT2D eigenvalue weighted by Gasteiger charge is 2.13. The summed E-state index contributed by atoms with van der Waals surface area (Å²) in [6.45, 7) is 1.18. The maximum absolute atomic E-state index is 11.7. The summed E-state index contributed by atoms with van der Waals surface area (Å²) in [4.78, 5) is 12.9. The van der Waals surface area contributed by atoms with Gasteiger partial charge in [0.05, 0.1) is 14.1 Å². The van der Waals surface area contributed by atoms with Gasteiger partial charge in [0.2, 0.25) is 5.76 Å². The molecule has 2 rings (SSSR count). The van der Waals surface area contributed by atoms with Crippen molar-refractivity contribution >= 4 is 16.9 Å². The molecule has 0 spiro atoms. The van der Waals surface area contributed by atoms with Gasteiger partial charge in [-0.1, -0.05) is 18.2 Å². The van der Waals surface area contributed by atoms with Crippen molar-refractivity contribution < 1.29 is 18.8 Å². The predicted octanol–water partition coefficient (Wildman–Crippen LogP) is 0.734. The van der Waals surface area contributed by atoms with Crippen molar-refractivity contribution in [3.63, 3.8) is 0 Å². The predicted molar refractivity (Wildman–Crippen MR) is 64.2 cm³/mol. The molecule has 1 heterocycles. The van der Waals surface area contributed by atoms with E-state index in [1.54, 1.807) is 6.07 Å². The first-order chi connectivity index (χ1) is 8.16. The van der Waals surface area contributed by atoms with E-state index in [-0.39, 0.29) is 5.76 Å². The third-order valence-electron chi connectivity index (χ3n) is 2.46. The molecule has 0 unspecified atom stereocenters. The zero-order chi connectivity index (χ0) is 12.3. The van der Waals surface area contributed by atoms with Gasteiger partial charge in [0.15, 0.2) is 0 Å². The highest BCUT2D eigenvalue weighted by molar-refractivity contribution is 5.92. The second-order valence-corrected chi connectivity index (χ2v) is 4.24. The van der Waals surface area contributed by atoms with Gasteiger partial charge < -0.3 is 14.1 Å². The average molecular weight is 234 g/mol. The molecule has 2 aromatic rings. The molecule has 1 aromatic heterocycles. The second kappa shape index (κ2) is 5.01. The lowest BCUT2D eigenvalue weighted by atomic mass is 10.2. The van der Waals surface area contributed by atoms with Crippen molar-refractivity contribution in [1.29, 1.82) is 0 Å². The Labute approximate surface area is 99.8 Å². The topological polar surface area (TPSA) is 43.9 Å². The van der Waals surface area contributed by atoms with E-state index in [4.69, 9.17) is 9.15 Å². The van der Waals surface area contributed by atoms with Crippen molar-refractivity contribution in [2.45, 2.75) is 0 Å². The van der Waals surface area contributed by atoms with Gasteiger partial charge in [-0.25, -0.2) is 4.79 Å². The molecule has 0 radical (unpaired) electrons. The van der Waals surface area contributed by atoms with Crippen molar-refractivity contribution in [2.75, 3.05) is 27.2 Å². The van der Waals surface area contributed by atoms with Crippen LogP contribution in [-0.2, 0) is 4.74 Å². The minimum absolute atomic E-state index is 0.264. The van der Waals surface area contributed by atoms with Crippen LogP contribution in [0.15, 0.2) is 34.7 Å². The monoisotopic (exact) mass is 234 g/mol. The van der Waals surface area contributed by atoms with Crippen molar-refractivity contribution in [3.8, 4) is 0 Å². The van der Waals surface area contributed by atoms with E-state index < -0.39 is 5.97 Å². The number of nitrogens with one attached hydrogen (secondary N) is 1. The summed E-state index contributed by atoms with van der Waals surface area (Å²) >= 11 is 0. The molecule has 0 saturated carbocycles. The van der Waals surface area contributed by atoms with E-state index in [1.807, 2.05) is 38.4 Å². The Morgan fingerprint density at radius 3 is 2.82 bits per heavy atom. The third-order valence-corrected chi connectivity index (χ3v) is 2.46. The van der Waals surface area contributed by atoms with E-state index in [0.29, 0.717) is 12.2 Å².